The SMILES string of the molecule is CCc1c2c(nc3ccc(OC(=O)N4CCC(CCOC5CCCCC5)CC4)cc13)-c1cc3c(c(=O)n1C2)CON([O-])[C@]3(O)CC. The third-order valence-electron chi connectivity index (χ3n) is 10.6. The Morgan fingerprint density at radius 2 is 1.89 bits per heavy atom. The summed E-state index contributed by atoms with van der Waals surface area (Å²) in [6, 6.07) is 7.17. The van der Waals surface area contributed by atoms with Crippen LogP contribution in [0.4, 0.5) is 4.79 Å². The molecule has 46 heavy (non-hydrogen) atoms. The van der Waals surface area contributed by atoms with Crippen LogP contribution in [0.3, 0.4) is 0 Å². The number of hydrogen-bond donors (Lipinski definition) is 1. The van der Waals surface area contributed by atoms with E-state index in [1.54, 1.807) is 28.5 Å². The molecule has 7 rings (SSSR count). The van der Waals surface area contributed by atoms with E-state index in [2.05, 4.69) is 0 Å². The Morgan fingerprint density at radius 3 is 2.63 bits per heavy atom. The molecule has 1 saturated heterocycles. The molecule has 1 aromatic carbocycles. The van der Waals surface area contributed by atoms with Crippen molar-refractivity contribution in [2.24, 2.45) is 5.92 Å². The standard InChI is InChI=1S/C35H43N4O7/c1-3-25-26-18-24(46-34(41)37-15-12-22(13-16-37)14-17-44-23-8-6-5-7-9-23)10-11-30(26)36-32-27(25)20-38-31(32)19-29-28(33(38)40)21-45-39(43)35(29,42)4-2/h10-11,18-19,22-23,42H,3-9,12-17,20-21H2,1-2H3/q-1/t35-/m0/s1. The smallest absolute Gasteiger partial charge is 0.415 e. The van der Waals surface area contributed by atoms with Gasteiger partial charge in [-0.3, -0.25) is 4.79 Å². The lowest BCUT2D eigenvalue weighted by atomic mass is 9.94. The summed E-state index contributed by atoms with van der Waals surface area (Å²) >= 11 is 0. The van der Waals surface area contributed by atoms with Gasteiger partial charge in [0.25, 0.3) is 5.56 Å². The molecule has 2 fully saturated rings. The molecule has 5 heterocycles. The van der Waals surface area contributed by atoms with Crippen molar-refractivity contribution in [1.82, 2.24) is 19.7 Å². The fourth-order valence-electron chi connectivity index (χ4n) is 7.75. The Bertz CT molecular complexity index is 1690. The number of likely N-dealkylation sites (tertiary alicyclic amines) is 1. The number of rotatable bonds is 7. The van der Waals surface area contributed by atoms with Gasteiger partial charge < -0.3 is 34.1 Å². The molecule has 1 amide bonds. The molecular formula is C35H43N4O7-. The van der Waals surface area contributed by atoms with E-state index in [9.17, 15) is 19.9 Å². The van der Waals surface area contributed by atoms with Crippen molar-refractivity contribution in [3.63, 3.8) is 0 Å². The Kier molecular flexibility index (Phi) is 8.62. The van der Waals surface area contributed by atoms with Crippen LogP contribution in [0.5, 0.6) is 5.75 Å². The van der Waals surface area contributed by atoms with Gasteiger partial charge in [0.2, 0.25) is 0 Å². The Balaban J connectivity index is 1.06. The van der Waals surface area contributed by atoms with Gasteiger partial charge in [0.15, 0.2) is 5.72 Å². The molecule has 3 aliphatic heterocycles. The number of carbonyl (C=O) groups is 1. The molecule has 11 heteroatoms. The first-order valence-corrected chi connectivity index (χ1v) is 16.9. The first-order valence-electron chi connectivity index (χ1n) is 16.9. The van der Waals surface area contributed by atoms with E-state index < -0.39 is 5.72 Å². The zero-order chi connectivity index (χ0) is 32.0. The first kappa shape index (κ1) is 31.3. The maximum absolute atomic E-state index is 13.6. The van der Waals surface area contributed by atoms with Gasteiger partial charge in [0.05, 0.1) is 41.7 Å². The minimum absolute atomic E-state index is 0.0550. The van der Waals surface area contributed by atoms with Crippen LogP contribution in [0, 0.1) is 11.1 Å². The average molecular weight is 632 g/mol. The number of fused-ring (bicyclic) bond motifs is 5. The molecule has 1 N–H and O–H groups in total. The molecule has 0 radical (unpaired) electrons. The summed E-state index contributed by atoms with van der Waals surface area (Å²) in [7, 11) is 0. The number of piperidine rings is 1. The van der Waals surface area contributed by atoms with Crippen LogP contribution in [0.15, 0.2) is 29.1 Å². The van der Waals surface area contributed by atoms with E-state index in [1.165, 1.54) is 32.1 Å². The summed E-state index contributed by atoms with van der Waals surface area (Å²) < 4.78 is 13.6. The van der Waals surface area contributed by atoms with E-state index in [1.807, 2.05) is 19.1 Å². The van der Waals surface area contributed by atoms with Crippen molar-refractivity contribution in [1.29, 1.82) is 0 Å². The van der Waals surface area contributed by atoms with Crippen molar-refractivity contribution >= 4 is 17.0 Å². The van der Waals surface area contributed by atoms with Gasteiger partial charge in [-0.15, -0.1) is 0 Å². The van der Waals surface area contributed by atoms with E-state index in [4.69, 9.17) is 19.3 Å². The second-order valence-electron chi connectivity index (χ2n) is 13.2. The predicted octanol–water partition coefficient (Wildman–Crippen LogP) is 5.74. The molecule has 11 nitrogen and oxygen atoms in total. The topological polar surface area (TPSA) is 129 Å². The highest BCUT2D eigenvalue weighted by Crippen LogP contribution is 2.41. The predicted molar refractivity (Wildman–Crippen MR) is 172 cm³/mol. The summed E-state index contributed by atoms with van der Waals surface area (Å²) in [5.41, 5.74) is 2.15. The zero-order valence-corrected chi connectivity index (χ0v) is 26.8. The normalized spacial score (nSPS) is 22.1. The number of aryl methyl sites for hydroxylation is 1. The molecule has 3 aromatic rings. The largest absolute Gasteiger partial charge is 0.760 e. The van der Waals surface area contributed by atoms with Gasteiger partial charge in [-0.2, -0.15) is 0 Å². The Labute approximate surface area is 268 Å². The van der Waals surface area contributed by atoms with Crippen molar-refractivity contribution in [3.8, 4) is 17.1 Å². The van der Waals surface area contributed by atoms with Gasteiger partial charge in [0.1, 0.15) is 5.75 Å². The van der Waals surface area contributed by atoms with Gasteiger partial charge in [0, 0.05) is 36.2 Å². The Hall–Kier alpha value is -3.35. The van der Waals surface area contributed by atoms with Crippen LogP contribution in [0.25, 0.3) is 22.3 Å². The quantitative estimate of drug-likeness (QED) is 0.272. The number of benzene rings is 1. The monoisotopic (exact) mass is 631 g/mol. The Morgan fingerprint density at radius 1 is 1.11 bits per heavy atom. The summed E-state index contributed by atoms with van der Waals surface area (Å²) in [6.45, 7) is 6.00. The molecule has 0 unspecified atom stereocenters. The molecule has 246 valence electrons. The van der Waals surface area contributed by atoms with Crippen LogP contribution >= 0.6 is 0 Å². The molecule has 1 saturated carbocycles. The molecule has 0 bridgehead atoms. The van der Waals surface area contributed by atoms with Gasteiger partial charge >= 0.3 is 6.09 Å². The molecule has 1 aliphatic carbocycles. The molecule has 2 aromatic heterocycles. The van der Waals surface area contributed by atoms with Gasteiger partial charge in [-0.25, -0.2) is 15.0 Å². The molecule has 4 aliphatic rings. The minimum atomic E-state index is -1.95. The lowest BCUT2D eigenvalue weighted by Crippen LogP contribution is -2.48. The third-order valence-corrected chi connectivity index (χ3v) is 10.6. The summed E-state index contributed by atoms with van der Waals surface area (Å²) in [6.07, 6.45) is 10.0. The third kappa shape index (κ3) is 5.51. The van der Waals surface area contributed by atoms with E-state index >= 15 is 0 Å². The number of aromatic nitrogens is 2. The number of amides is 1. The van der Waals surface area contributed by atoms with Gasteiger partial charge in [-0.1, -0.05) is 33.1 Å². The number of hydroxylamine groups is 2. The molecule has 0 spiro atoms. The van der Waals surface area contributed by atoms with Gasteiger partial charge in [-0.05, 0) is 80.7 Å². The first-order chi connectivity index (χ1) is 22.3. The second kappa shape index (κ2) is 12.7. The summed E-state index contributed by atoms with van der Waals surface area (Å²) in [5.74, 6) is 1.03. The highest BCUT2D eigenvalue weighted by Gasteiger charge is 2.40. The number of aliphatic hydroxyl groups is 1. The van der Waals surface area contributed by atoms with Crippen molar-refractivity contribution in [2.75, 3.05) is 19.7 Å². The van der Waals surface area contributed by atoms with Crippen molar-refractivity contribution < 1.29 is 24.2 Å². The maximum atomic E-state index is 13.6. The maximum Gasteiger partial charge on any atom is 0.415 e. The van der Waals surface area contributed by atoms with E-state index in [0.29, 0.717) is 60.7 Å². The van der Waals surface area contributed by atoms with Crippen LogP contribution in [-0.4, -0.2) is 56.7 Å². The fraction of sp³-hybridized carbons (Fsp3) is 0.571. The second-order valence-corrected chi connectivity index (χ2v) is 13.2. The van der Waals surface area contributed by atoms with Crippen LogP contribution in [0.2, 0.25) is 0 Å². The number of nitrogens with zero attached hydrogens (tertiary/aromatic N) is 4. The average Bonchev–Trinajstić information content (AvgIpc) is 3.45. The van der Waals surface area contributed by atoms with Crippen LogP contribution < -0.4 is 10.3 Å². The number of carbonyl (C=O) groups excluding carboxylic acids is 1. The highest BCUT2D eigenvalue weighted by molar-refractivity contribution is 5.89. The lowest BCUT2D eigenvalue weighted by molar-refractivity contribution is -0.292. The number of hydrogen-bond acceptors (Lipinski definition) is 9. The summed E-state index contributed by atoms with van der Waals surface area (Å²) in [4.78, 5) is 38.6. The van der Waals surface area contributed by atoms with E-state index in [0.717, 1.165) is 42.4 Å². The fourth-order valence-corrected chi connectivity index (χ4v) is 7.75. The number of ether oxygens (including phenoxy) is 2. The van der Waals surface area contributed by atoms with E-state index in [-0.39, 0.29) is 41.0 Å². The summed E-state index contributed by atoms with van der Waals surface area (Å²) in [5, 5.41) is 24.6. The highest BCUT2D eigenvalue weighted by atomic mass is 16.9. The number of pyridine rings is 2. The van der Waals surface area contributed by atoms with Crippen LogP contribution in [-0.2, 0) is 34.9 Å². The minimum Gasteiger partial charge on any atom is -0.760 e. The molecule has 1 atom stereocenters. The van der Waals surface area contributed by atoms with Crippen molar-refractivity contribution in [3.05, 3.63) is 62.1 Å². The molecular weight excluding hydrogens is 588 g/mol. The van der Waals surface area contributed by atoms with Crippen molar-refractivity contribution in [2.45, 2.75) is 103 Å². The zero-order valence-electron chi connectivity index (χ0n) is 26.8. The lowest BCUT2D eigenvalue weighted by Gasteiger charge is -2.46. The van der Waals surface area contributed by atoms with Crippen LogP contribution in [0.1, 0.15) is 93.9 Å².